The molecule has 3 fully saturated rings. The molecule has 3 aliphatic rings. The van der Waals surface area contributed by atoms with Crippen LogP contribution in [0, 0.1) is 11.8 Å². The monoisotopic (exact) mass is 490 g/mol. The van der Waals surface area contributed by atoms with Crippen LogP contribution in [0.1, 0.15) is 135 Å². The van der Waals surface area contributed by atoms with E-state index in [1.165, 1.54) is 83.5 Å². The van der Waals surface area contributed by atoms with Crippen LogP contribution >= 0.6 is 0 Å². The van der Waals surface area contributed by atoms with Gasteiger partial charge in [0, 0.05) is 24.7 Å². The number of nitrogens with one attached hydrogen (secondary N) is 4. The minimum Gasteiger partial charge on any atom is -0.338 e. The highest BCUT2D eigenvalue weighted by Gasteiger charge is 2.28. The van der Waals surface area contributed by atoms with Crippen LogP contribution in [0.5, 0.6) is 0 Å². The smallest absolute Gasteiger partial charge is 0.315 e. The lowest BCUT2D eigenvalue weighted by Crippen LogP contribution is -2.47. The molecule has 3 saturated carbocycles. The SMILES string of the molecule is CCCCCCCCNC(=O)NC1CCC(CC2CCC(NC(=O)NC3CCCCC3)CC2)CC1. The van der Waals surface area contributed by atoms with Crippen molar-refractivity contribution in [3.8, 4) is 0 Å². The van der Waals surface area contributed by atoms with Crippen LogP contribution < -0.4 is 21.3 Å². The fourth-order valence-corrected chi connectivity index (χ4v) is 6.56. The molecule has 0 aromatic heterocycles. The lowest BCUT2D eigenvalue weighted by molar-refractivity contribution is 0.196. The van der Waals surface area contributed by atoms with Crippen LogP contribution in [0.15, 0.2) is 0 Å². The third-order valence-corrected chi connectivity index (χ3v) is 8.79. The summed E-state index contributed by atoms with van der Waals surface area (Å²) in [5.74, 6) is 1.62. The van der Waals surface area contributed by atoms with E-state index in [4.69, 9.17) is 0 Å². The van der Waals surface area contributed by atoms with Crippen LogP contribution in [0.25, 0.3) is 0 Å². The number of amides is 4. The highest BCUT2D eigenvalue weighted by atomic mass is 16.2. The maximum absolute atomic E-state index is 12.4. The number of urea groups is 2. The van der Waals surface area contributed by atoms with E-state index in [0.717, 1.165) is 63.3 Å². The molecule has 35 heavy (non-hydrogen) atoms. The molecule has 3 aliphatic carbocycles. The van der Waals surface area contributed by atoms with Crippen molar-refractivity contribution in [2.75, 3.05) is 6.54 Å². The molecule has 0 aromatic carbocycles. The van der Waals surface area contributed by atoms with E-state index >= 15 is 0 Å². The molecule has 0 aromatic rings. The molecule has 0 aliphatic heterocycles. The zero-order valence-electron chi connectivity index (χ0n) is 22.6. The molecule has 202 valence electrons. The zero-order chi connectivity index (χ0) is 24.7. The number of rotatable bonds is 12. The predicted molar refractivity (Wildman–Crippen MR) is 145 cm³/mol. The average molecular weight is 491 g/mol. The number of unbranched alkanes of at least 4 members (excludes halogenated alkanes) is 5. The van der Waals surface area contributed by atoms with E-state index in [0.29, 0.717) is 18.1 Å². The summed E-state index contributed by atoms with van der Waals surface area (Å²) in [4.78, 5) is 24.6. The molecule has 0 atom stereocenters. The molecule has 3 rings (SSSR count). The Balaban J connectivity index is 1.19. The maximum Gasteiger partial charge on any atom is 0.315 e. The molecule has 0 saturated heterocycles. The lowest BCUT2D eigenvalue weighted by atomic mass is 9.75. The minimum atomic E-state index is 0.0281. The summed E-state index contributed by atoms with van der Waals surface area (Å²) in [5.41, 5.74) is 0. The first kappa shape index (κ1) is 28.1. The molecule has 4 amide bonds. The van der Waals surface area contributed by atoms with Crippen LogP contribution in [0.2, 0.25) is 0 Å². The Kier molecular flexibility index (Phi) is 13.1. The van der Waals surface area contributed by atoms with Gasteiger partial charge in [0.2, 0.25) is 0 Å². The number of hydrogen-bond donors (Lipinski definition) is 4. The molecule has 4 N–H and O–H groups in total. The Bertz CT molecular complexity index is 591. The zero-order valence-corrected chi connectivity index (χ0v) is 22.6. The van der Waals surface area contributed by atoms with Crippen molar-refractivity contribution in [1.82, 2.24) is 21.3 Å². The Morgan fingerprint density at radius 3 is 1.63 bits per heavy atom. The minimum absolute atomic E-state index is 0.0281. The van der Waals surface area contributed by atoms with E-state index < -0.39 is 0 Å². The number of carbonyl (C=O) groups excluding carboxylic acids is 2. The number of hydrogen-bond acceptors (Lipinski definition) is 2. The highest BCUT2D eigenvalue weighted by molar-refractivity contribution is 5.74. The summed E-state index contributed by atoms with van der Waals surface area (Å²) in [6, 6.07) is 1.17. The van der Waals surface area contributed by atoms with E-state index in [1.54, 1.807) is 0 Å². The average Bonchev–Trinajstić information content (AvgIpc) is 2.86. The molecule has 0 heterocycles. The third kappa shape index (κ3) is 11.4. The number of carbonyl (C=O) groups is 2. The summed E-state index contributed by atoms with van der Waals surface area (Å²) in [5, 5.41) is 12.7. The normalized spacial score (nSPS) is 27.7. The molecule has 0 unspecified atom stereocenters. The molecule has 0 bridgehead atoms. The van der Waals surface area contributed by atoms with Gasteiger partial charge in [-0.05, 0) is 88.9 Å². The van der Waals surface area contributed by atoms with E-state index in [-0.39, 0.29) is 12.1 Å². The highest BCUT2D eigenvalue weighted by Crippen LogP contribution is 2.35. The van der Waals surface area contributed by atoms with Gasteiger partial charge in [-0.25, -0.2) is 9.59 Å². The fraction of sp³-hybridized carbons (Fsp3) is 0.931. The molecular weight excluding hydrogens is 436 g/mol. The lowest BCUT2D eigenvalue weighted by Gasteiger charge is -2.34. The quantitative estimate of drug-likeness (QED) is 0.227. The summed E-state index contributed by atoms with van der Waals surface area (Å²) in [6.07, 6.45) is 24.4. The van der Waals surface area contributed by atoms with Crippen LogP contribution in [0.3, 0.4) is 0 Å². The van der Waals surface area contributed by atoms with Gasteiger partial charge in [-0.1, -0.05) is 58.3 Å². The van der Waals surface area contributed by atoms with Gasteiger partial charge in [0.15, 0.2) is 0 Å². The Hall–Kier alpha value is -1.46. The van der Waals surface area contributed by atoms with Crippen molar-refractivity contribution >= 4 is 12.1 Å². The second-order valence-corrected chi connectivity index (χ2v) is 11.8. The Labute approximate surface area is 214 Å². The summed E-state index contributed by atoms with van der Waals surface area (Å²) >= 11 is 0. The molecular formula is C29H54N4O2. The summed E-state index contributed by atoms with van der Waals surface area (Å²) in [7, 11) is 0. The maximum atomic E-state index is 12.4. The Morgan fingerprint density at radius 2 is 1.06 bits per heavy atom. The van der Waals surface area contributed by atoms with Gasteiger partial charge in [0.25, 0.3) is 0 Å². The predicted octanol–water partition coefficient (Wildman–Crippen LogP) is 6.79. The molecule has 6 heteroatoms. The molecule has 6 nitrogen and oxygen atoms in total. The van der Waals surface area contributed by atoms with Crippen molar-refractivity contribution in [2.45, 2.75) is 153 Å². The van der Waals surface area contributed by atoms with Gasteiger partial charge in [0.1, 0.15) is 0 Å². The molecule has 0 spiro atoms. The fourth-order valence-electron chi connectivity index (χ4n) is 6.56. The van der Waals surface area contributed by atoms with Crippen molar-refractivity contribution in [3.63, 3.8) is 0 Å². The van der Waals surface area contributed by atoms with Crippen LogP contribution in [-0.2, 0) is 0 Å². The van der Waals surface area contributed by atoms with Crippen molar-refractivity contribution in [2.24, 2.45) is 11.8 Å². The van der Waals surface area contributed by atoms with Crippen molar-refractivity contribution in [3.05, 3.63) is 0 Å². The standard InChI is InChI=1S/C29H54N4O2/c1-2-3-4-5-6-10-21-30-28(34)31-26-17-13-23(14-18-26)22-24-15-19-27(20-16-24)33-29(35)32-25-11-8-7-9-12-25/h23-27H,2-22H2,1H3,(H2,30,31,34)(H2,32,33,35). The molecule has 0 radical (unpaired) electrons. The second-order valence-electron chi connectivity index (χ2n) is 11.8. The third-order valence-electron chi connectivity index (χ3n) is 8.79. The van der Waals surface area contributed by atoms with Crippen LogP contribution in [0.4, 0.5) is 9.59 Å². The topological polar surface area (TPSA) is 82.3 Å². The van der Waals surface area contributed by atoms with E-state index in [2.05, 4.69) is 28.2 Å². The van der Waals surface area contributed by atoms with Gasteiger partial charge >= 0.3 is 12.1 Å². The summed E-state index contributed by atoms with van der Waals surface area (Å²) in [6.45, 7) is 3.04. The van der Waals surface area contributed by atoms with Gasteiger partial charge in [-0.3, -0.25) is 0 Å². The van der Waals surface area contributed by atoms with Crippen molar-refractivity contribution in [1.29, 1.82) is 0 Å². The largest absolute Gasteiger partial charge is 0.338 e. The van der Waals surface area contributed by atoms with E-state index in [1.807, 2.05) is 0 Å². The van der Waals surface area contributed by atoms with Gasteiger partial charge in [0.05, 0.1) is 0 Å². The van der Waals surface area contributed by atoms with Gasteiger partial charge in [-0.2, -0.15) is 0 Å². The summed E-state index contributed by atoms with van der Waals surface area (Å²) < 4.78 is 0. The van der Waals surface area contributed by atoms with Gasteiger partial charge in [-0.15, -0.1) is 0 Å². The first-order valence-corrected chi connectivity index (χ1v) is 15.2. The first-order valence-electron chi connectivity index (χ1n) is 15.2. The van der Waals surface area contributed by atoms with Crippen molar-refractivity contribution < 1.29 is 9.59 Å². The van der Waals surface area contributed by atoms with Crippen LogP contribution in [-0.4, -0.2) is 36.7 Å². The van der Waals surface area contributed by atoms with E-state index in [9.17, 15) is 9.59 Å². The second kappa shape index (κ2) is 16.3. The first-order chi connectivity index (χ1) is 17.1. The Morgan fingerprint density at radius 1 is 0.571 bits per heavy atom. The van der Waals surface area contributed by atoms with Gasteiger partial charge < -0.3 is 21.3 Å².